The summed E-state index contributed by atoms with van der Waals surface area (Å²) in [5.74, 6) is -0.377. The molecule has 8 nitrogen and oxygen atoms in total. The van der Waals surface area contributed by atoms with Gasteiger partial charge in [0.2, 0.25) is 10.0 Å². The van der Waals surface area contributed by atoms with Crippen LogP contribution in [-0.2, 0) is 24.3 Å². The Hall–Kier alpha value is -1.82. The molecular weight excluding hydrogens is 422 g/mol. The fraction of sp³-hybridized carbons (Fsp3) is 0.632. The van der Waals surface area contributed by atoms with Gasteiger partial charge in [-0.25, -0.2) is 8.42 Å². The summed E-state index contributed by atoms with van der Waals surface area (Å²) in [6, 6.07) is 4.94. The molecule has 3 rings (SSSR count). The van der Waals surface area contributed by atoms with Crippen LogP contribution in [0.5, 0.6) is 5.75 Å². The van der Waals surface area contributed by atoms with E-state index in [-0.39, 0.29) is 42.9 Å². The minimum atomic E-state index is -3.80. The van der Waals surface area contributed by atoms with Crippen LogP contribution < -0.4 is 4.74 Å². The van der Waals surface area contributed by atoms with Gasteiger partial charge in [-0.1, -0.05) is 0 Å². The molecule has 2 aliphatic heterocycles. The van der Waals surface area contributed by atoms with Gasteiger partial charge >= 0.3 is 12.6 Å². The second-order valence-electron chi connectivity index (χ2n) is 7.30. The lowest BCUT2D eigenvalue weighted by Gasteiger charge is -2.46. The van der Waals surface area contributed by atoms with Crippen molar-refractivity contribution in [1.82, 2.24) is 9.21 Å². The van der Waals surface area contributed by atoms with Gasteiger partial charge in [0.1, 0.15) is 5.75 Å². The van der Waals surface area contributed by atoms with Crippen molar-refractivity contribution in [2.24, 2.45) is 0 Å². The van der Waals surface area contributed by atoms with Crippen LogP contribution in [0.4, 0.5) is 8.78 Å². The van der Waals surface area contributed by atoms with E-state index in [1.807, 2.05) is 4.90 Å². The van der Waals surface area contributed by atoms with Gasteiger partial charge in [-0.3, -0.25) is 9.69 Å². The Balaban J connectivity index is 1.63. The Morgan fingerprint density at radius 1 is 1.20 bits per heavy atom. The fourth-order valence-corrected chi connectivity index (χ4v) is 5.27. The summed E-state index contributed by atoms with van der Waals surface area (Å²) in [7, 11) is -3.80. The van der Waals surface area contributed by atoms with Gasteiger partial charge in [0.15, 0.2) is 0 Å². The summed E-state index contributed by atoms with van der Waals surface area (Å²) in [6.07, 6.45) is 1.19. The Labute approximate surface area is 174 Å². The van der Waals surface area contributed by atoms with Gasteiger partial charge in [0.25, 0.3) is 0 Å². The number of likely N-dealkylation sites (tertiary alicyclic amines) is 1. The van der Waals surface area contributed by atoms with Gasteiger partial charge in [-0.2, -0.15) is 13.1 Å². The molecule has 1 aromatic rings. The number of carbonyl (C=O) groups excluding carboxylic acids is 1. The second kappa shape index (κ2) is 9.54. The highest BCUT2D eigenvalue weighted by Crippen LogP contribution is 2.33. The molecule has 168 valence electrons. The maximum Gasteiger partial charge on any atom is 0.387 e. The highest BCUT2D eigenvalue weighted by molar-refractivity contribution is 7.89. The highest BCUT2D eigenvalue weighted by Gasteiger charge is 2.43. The Morgan fingerprint density at radius 2 is 1.87 bits per heavy atom. The van der Waals surface area contributed by atoms with Gasteiger partial charge in [-0.05, 0) is 44.0 Å². The third-order valence-corrected chi connectivity index (χ3v) is 7.18. The number of alkyl halides is 2. The minimum Gasteiger partial charge on any atom is -0.465 e. The molecule has 0 unspecified atom stereocenters. The third-order valence-electron chi connectivity index (χ3n) is 5.33. The van der Waals surface area contributed by atoms with Crippen LogP contribution in [0, 0.1) is 0 Å². The number of morpholine rings is 1. The molecule has 1 spiro atoms. The number of halogens is 2. The number of sulfonamides is 1. The molecule has 11 heteroatoms. The number of carbonyl (C=O) groups is 1. The molecule has 0 atom stereocenters. The van der Waals surface area contributed by atoms with Crippen LogP contribution in [0.3, 0.4) is 0 Å². The maximum atomic E-state index is 13.0. The van der Waals surface area contributed by atoms with E-state index in [9.17, 15) is 22.0 Å². The van der Waals surface area contributed by atoms with E-state index in [0.717, 1.165) is 0 Å². The molecule has 0 amide bonds. The molecule has 0 saturated carbocycles. The number of nitrogens with zero attached hydrogens (tertiary/aromatic N) is 2. The molecule has 0 aliphatic carbocycles. The first-order chi connectivity index (χ1) is 14.2. The van der Waals surface area contributed by atoms with Crippen LogP contribution in [-0.4, -0.2) is 81.7 Å². The zero-order valence-corrected chi connectivity index (χ0v) is 17.6. The fourth-order valence-electron chi connectivity index (χ4n) is 3.77. The van der Waals surface area contributed by atoms with Gasteiger partial charge in [0, 0.05) is 26.2 Å². The molecule has 0 aromatic heterocycles. The number of hydrogen-bond acceptors (Lipinski definition) is 7. The number of ether oxygens (including phenoxy) is 3. The lowest BCUT2D eigenvalue weighted by atomic mass is 9.90. The van der Waals surface area contributed by atoms with E-state index < -0.39 is 22.2 Å². The van der Waals surface area contributed by atoms with Crippen LogP contribution in [0.2, 0.25) is 0 Å². The summed E-state index contributed by atoms with van der Waals surface area (Å²) >= 11 is 0. The lowest BCUT2D eigenvalue weighted by Crippen LogP contribution is -2.58. The molecule has 2 fully saturated rings. The maximum absolute atomic E-state index is 13.0. The zero-order valence-electron chi connectivity index (χ0n) is 16.8. The summed E-state index contributed by atoms with van der Waals surface area (Å²) in [5.41, 5.74) is -0.602. The van der Waals surface area contributed by atoms with Gasteiger partial charge in [0.05, 0.1) is 30.3 Å². The molecule has 0 bridgehead atoms. The number of benzene rings is 1. The van der Waals surface area contributed by atoms with E-state index in [4.69, 9.17) is 9.47 Å². The number of rotatable bonds is 7. The number of hydrogen-bond donors (Lipinski definition) is 0. The summed E-state index contributed by atoms with van der Waals surface area (Å²) < 4.78 is 67.3. The van der Waals surface area contributed by atoms with Crippen molar-refractivity contribution in [2.75, 3.05) is 45.9 Å². The molecule has 1 aromatic carbocycles. The average Bonchev–Trinajstić information content (AvgIpc) is 2.70. The van der Waals surface area contributed by atoms with E-state index in [2.05, 4.69) is 4.74 Å². The third kappa shape index (κ3) is 5.45. The largest absolute Gasteiger partial charge is 0.465 e. The Morgan fingerprint density at radius 3 is 2.47 bits per heavy atom. The van der Waals surface area contributed by atoms with Crippen molar-refractivity contribution < 1.29 is 36.2 Å². The molecule has 0 radical (unpaired) electrons. The van der Waals surface area contributed by atoms with E-state index in [1.165, 1.54) is 28.6 Å². The molecule has 0 N–H and O–H groups in total. The number of piperidine rings is 1. The normalized spacial score (nSPS) is 20.4. The smallest absolute Gasteiger partial charge is 0.387 e. The number of esters is 1. The lowest BCUT2D eigenvalue weighted by molar-refractivity contribution is -0.148. The summed E-state index contributed by atoms with van der Waals surface area (Å²) in [5, 5.41) is 0. The zero-order chi connectivity index (χ0) is 21.8. The predicted octanol–water partition coefficient (Wildman–Crippen LogP) is 1.71. The Bertz CT molecular complexity index is 826. The van der Waals surface area contributed by atoms with Crippen molar-refractivity contribution in [2.45, 2.75) is 36.9 Å². The summed E-state index contributed by atoms with van der Waals surface area (Å²) in [4.78, 5) is 13.7. The first-order valence-corrected chi connectivity index (χ1v) is 11.2. The van der Waals surface area contributed by atoms with Crippen molar-refractivity contribution in [3.63, 3.8) is 0 Å². The minimum absolute atomic E-state index is 0.0147. The first kappa shape index (κ1) is 22.9. The Kier molecular flexibility index (Phi) is 7.27. The standard InChI is InChI=1S/C19H26F2N2O6S/c1-2-27-17(24)13-22-9-7-19(8-10-22)14-23(11-12-28-19)30(25,26)16-5-3-15(4-6-16)29-18(20)21/h3-6,18H,2,7-14H2,1H3. The van der Waals surface area contributed by atoms with Crippen molar-refractivity contribution in [3.05, 3.63) is 24.3 Å². The summed E-state index contributed by atoms with van der Waals surface area (Å²) in [6.45, 7) is 1.22. The SMILES string of the molecule is CCOC(=O)CN1CCC2(CC1)CN(S(=O)(=O)c1ccc(OC(F)F)cc1)CCO2. The van der Waals surface area contributed by atoms with Crippen LogP contribution >= 0.6 is 0 Å². The van der Waals surface area contributed by atoms with E-state index in [0.29, 0.717) is 32.5 Å². The van der Waals surface area contributed by atoms with Crippen molar-refractivity contribution in [3.8, 4) is 5.75 Å². The van der Waals surface area contributed by atoms with E-state index in [1.54, 1.807) is 6.92 Å². The monoisotopic (exact) mass is 448 g/mol. The quantitative estimate of drug-likeness (QED) is 0.587. The van der Waals surface area contributed by atoms with E-state index >= 15 is 0 Å². The molecule has 30 heavy (non-hydrogen) atoms. The van der Waals surface area contributed by atoms with Gasteiger partial charge < -0.3 is 14.2 Å². The van der Waals surface area contributed by atoms with Crippen molar-refractivity contribution >= 4 is 16.0 Å². The topological polar surface area (TPSA) is 85.4 Å². The molecular formula is C19H26F2N2O6S. The molecule has 2 aliphatic rings. The van der Waals surface area contributed by atoms with Crippen LogP contribution in [0.1, 0.15) is 19.8 Å². The van der Waals surface area contributed by atoms with Crippen LogP contribution in [0.15, 0.2) is 29.2 Å². The van der Waals surface area contributed by atoms with Crippen LogP contribution in [0.25, 0.3) is 0 Å². The molecule has 2 heterocycles. The second-order valence-corrected chi connectivity index (χ2v) is 9.24. The van der Waals surface area contributed by atoms with Crippen molar-refractivity contribution in [1.29, 1.82) is 0 Å². The average molecular weight is 448 g/mol. The predicted molar refractivity (Wildman–Crippen MR) is 103 cm³/mol. The molecule has 2 saturated heterocycles. The van der Waals surface area contributed by atoms with Gasteiger partial charge in [-0.15, -0.1) is 0 Å². The first-order valence-electron chi connectivity index (χ1n) is 9.81. The highest BCUT2D eigenvalue weighted by atomic mass is 32.2.